The van der Waals surface area contributed by atoms with E-state index in [2.05, 4.69) is 0 Å². The molecule has 6 nitrogen and oxygen atoms in total. The first kappa shape index (κ1) is 17.9. The number of hydrogen-bond donors (Lipinski definition) is 2. The monoisotopic (exact) mass is 377 g/mol. The van der Waals surface area contributed by atoms with E-state index in [1.165, 1.54) is 10.8 Å². The zero-order valence-corrected chi connectivity index (χ0v) is 14.9. The molecule has 1 aromatic heterocycles. The van der Waals surface area contributed by atoms with E-state index in [1.54, 1.807) is 4.90 Å². The minimum atomic E-state index is -1.40. The van der Waals surface area contributed by atoms with Gasteiger partial charge in [-0.2, -0.15) is 0 Å². The van der Waals surface area contributed by atoms with Crippen molar-refractivity contribution >= 4 is 22.6 Å². The number of anilines is 1. The second-order valence-electron chi connectivity index (χ2n) is 7.61. The number of hydrogen-bond acceptors (Lipinski definition) is 4. The third kappa shape index (κ3) is 2.79. The van der Waals surface area contributed by atoms with Gasteiger partial charge in [-0.05, 0) is 37.3 Å². The third-order valence-electron chi connectivity index (χ3n) is 5.74. The van der Waals surface area contributed by atoms with Crippen molar-refractivity contribution < 1.29 is 18.7 Å². The Morgan fingerprint density at radius 3 is 2.59 bits per heavy atom. The Labute approximate surface area is 154 Å². The van der Waals surface area contributed by atoms with Crippen LogP contribution in [0, 0.1) is 23.5 Å². The van der Waals surface area contributed by atoms with Gasteiger partial charge in [0.05, 0.1) is 10.9 Å². The second-order valence-corrected chi connectivity index (χ2v) is 7.61. The Morgan fingerprint density at radius 2 is 2.04 bits per heavy atom. The number of benzene rings is 1. The van der Waals surface area contributed by atoms with E-state index in [-0.39, 0.29) is 34.5 Å². The second kappa shape index (κ2) is 6.30. The third-order valence-corrected chi connectivity index (χ3v) is 5.74. The Hall–Kier alpha value is -2.48. The van der Waals surface area contributed by atoms with Crippen LogP contribution in [0.15, 0.2) is 17.1 Å². The van der Waals surface area contributed by atoms with Crippen LogP contribution in [0.5, 0.6) is 0 Å². The number of fused-ring (bicyclic) bond motifs is 1. The maximum absolute atomic E-state index is 15.5. The minimum absolute atomic E-state index is 0.0206. The van der Waals surface area contributed by atoms with Crippen molar-refractivity contribution in [3.63, 3.8) is 0 Å². The highest BCUT2D eigenvalue weighted by Crippen LogP contribution is 2.40. The molecule has 1 saturated carbocycles. The molecule has 1 aromatic carbocycles. The average molecular weight is 377 g/mol. The first-order chi connectivity index (χ1) is 12.8. The fraction of sp³-hybridized carbons (Fsp3) is 0.474. The van der Waals surface area contributed by atoms with Gasteiger partial charge in [-0.3, -0.25) is 4.79 Å². The van der Waals surface area contributed by atoms with Crippen LogP contribution in [0.25, 0.3) is 10.9 Å². The van der Waals surface area contributed by atoms with Crippen molar-refractivity contribution in [2.45, 2.75) is 25.8 Å². The standard InChI is InChI=1S/C19H21F2N3O3/c1-9-6-23(7-10(9)5-22)17-14(20)4-12-16(15(17)21)24(11-2-3-11)8-13(18(12)25)19(26)27/h4,8-11H,2-3,5-7,22H2,1H3,(H,26,27). The molecule has 0 radical (unpaired) electrons. The Kier molecular flexibility index (Phi) is 4.18. The number of aromatic nitrogens is 1. The van der Waals surface area contributed by atoms with E-state index in [0.29, 0.717) is 19.6 Å². The van der Waals surface area contributed by atoms with E-state index in [1.807, 2.05) is 6.92 Å². The number of pyridine rings is 1. The molecule has 2 aliphatic rings. The highest BCUT2D eigenvalue weighted by Gasteiger charge is 2.34. The molecule has 0 spiro atoms. The molecule has 1 aliphatic carbocycles. The lowest BCUT2D eigenvalue weighted by atomic mass is 9.99. The zero-order chi connectivity index (χ0) is 19.5. The summed E-state index contributed by atoms with van der Waals surface area (Å²) in [4.78, 5) is 25.5. The maximum Gasteiger partial charge on any atom is 0.341 e. The molecule has 1 aliphatic heterocycles. The minimum Gasteiger partial charge on any atom is -0.477 e. The van der Waals surface area contributed by atoms with Gasteiger partial charge in [0.2, 0.25) is 5.43 Å². The normalized spacial score (nSPS) is 22.6. The number of carboxylic acid groups (broad SMARTS) is 1. The van der Waals surface area contributed by atoms with Gasteiger partial charge in [-0.15, -0.1) is 0 Å². The SMILES string of the molecule is CC1CN(c2c(F)cc3c(=O)c(C(=O)O)cn(C4CC4)c3c2F)CC1CN. The summed E-state index contributed by atoms with van der Waals surface area (Å²) in [6, 6.07) is 0.898. The highest BCUT2D eigenvalue weighted by atomic mass is 19.1. The lowest BCUT2D eigenvalue weighted by Crippen LogP contribution is -2.26. The topological polar surface area (TPSA) is 88.6 Å². The van der Waals surface area contributed by atoms with Crippen LogP contribution >= 0.6 is 0 Å². The molecular weight excluding hydrogens is 356 g/mol. The quantitative estimate of drug-likeness (QED) is 0.854. The number of nitrogens with two attached hydrogens (primary N) is 1. The fourth-order valence-corrected chi connectivity index (χ4v) is 4.04. The van der Waals surface area contributed by atoms with Crippen LogP contribution in [0.3, 0.4) is 0 Å². The van der Waals surface area contributed by atoms with Crippen molar-refractivity contribution in [3.05, 3.63) is 39.7 Å². The lowest BCUT2D eigenvalue weighted by Gasteiger charge is -2.22. The summed E-state index contributed by atoms with van der Waals surface area (Å²) < 4.78 is 31.8. The predicted molar refractivity (Wildman–Crippen MR) is 97.3 cm³/mol. The molecule has 144 valence electrons. The van der Waals surface area contributed by atoms with Crippen molar-refractivity contribution in [2.75, 3.05) is 24.5 Å². The number of carboxylic acids is 1. The van der Waals surface area contributed by atoms with Gasteiger partial charge in [0.25, 0.3) is 0 Å². The fourth-order valence-electron chi connectivity index (χ4n) is 4.04. The Balaban J connectivity index is 1.96. The van der Waals surface area contributed by atoms with E-state index in [0.717, 1.165) is 18.9 Å². The number of carbonyl (C=O) groups is 1. The van der Waals surface area contributed by atoms with Crippen LogP contribution in [0.4, 0.5) is 14.5 Å². The molecule has 8 heteroatoms. The van der Waals surface area contributed by atoms with Crippen molar-refractivity contribution in [1.29, 1.82) is 0 Å². The zero-order valence-electron chi connectivity index (χ0n) is 14.9. The molecular formula is C19H21F2N3O3. The number of halogens is 2. The molecule has 4 rings (SSSR count). The van der Waals surface area contributed by atoms with Crippen LogP contribution in [-0.2, 0) is 0 Å². The summed E-state index contributed by atoms with van der Waals surface area (Å²) in [5.41, 5.74) is 4.23. The number of aromatic carboxylic acids is 1. The summed E-state index contributed by atoms with van der Waals surface area (Å²) in [7, 11) is 0. The van der Waals surface area contributed by atoms with Gasteiger partial charge in [0, 0.05) is 25.3 Å². The van der Waals surface area contributed by atoms with Gasteiger partial charge in [0.15, 0.2) is 5.82 Å². The van der Waals surface area contributed by atoms with Crippen molar-refractivity contribution in [1.82, 2.24) is 4.57 Å². The maximum atomic E-state index is 15.5. The lowest BCUT2D eigenvalue weighted by molar-refractivity contribution is 0.0695. The van der Waals surface area contributed by atoms with Gasteiger partial charge in [-0.25, -0.2) is 13.6 Å². The van der Waals surface area contributed by atoms with E-state index >= 15 is 4.39 Å². The summed E-state index contributed by atoms with van der Waals surface area (Å²) in [5, 5.41) is 9.05. The van der Waals surface area contributed by atoms with Crippen molar-refractivity contribution in [3.8, 4) is 0 Å². The summed E-state index contributed by atoms with van der Waals surface area (Å²) in [5.74, 6) is -2.73. The first-order valence-electron chi connectivity index (χ1n) is 9.08. The summed E-state index contributed by atoms with van der Waals surface area (Å²) >= 11 is 0. The molecule has 27 heavy (non-hydrogen) atoms. The van der Waals surface area contributed by atoms with E-state index in [9.17, 15) is 19.1 Å². The van der Waals surface area contributed by atoms with Gasteiger partial charge < -0.3 is 20.3 Å². The molecule has 0 bridgehead atoms. The van der Waals surface area contributed by atoms with Crippen molar-refractivity contribution in [2.24, 2.45) is 17.6 Å². The average Bonchev–Trinajstić information content (AvgIpc) is 3.38. The molecule has 2 atom stereocenters. The van der Waals surface area contributed by atoms with Gasteiger partial charge >= 0.3 is 5.97 Å². The molecule has 3 N–H and O–H groups in total. The number of nitrogens with zero attached hydrogens (tertiary/aromatic N) is 2. The van der Waals surface area contributed by atoms with Gasteiger partial charge in [0.1, 0.15) is 17.1 Å². The highest BCUT2D eigenvalue weighted by molar-refractivity contribution is 5.94. The van der Waals surface area contributed by atoms with E-state index < -0.39 is 28.6 Å². The van der Waals surface area contributed by atoms with Crippen LogP contribution < -0.4 is 16.1 Å². The molecule has 2 fully saturated rings. The van der Waals surface area contributed by atoms with Crippen LogP contribution in [0.1, 0.15) is 36.2 Å². The molecule has 2 aromatic rings. The Bertz CT molecular complexity index is 1000. The predicted octanol–water partition coefficient (Wildman–Crippen LogP) is 2.34. The molecule has 2 unspecified atom stereocenters. The molecule has 1 saturated heterocycles. The first-order valence-corrected chi connectivity index (χ1v) is 9.08. The van der Waals surface area contributed by atoms with Crippen LogP contribution in [0.2, 0.25) is 0 Å². The smallest absolute Gasteiger partial charge is 0.341 e. The van der Waals surface area contributed by atoms with Crippen LogP contribution in [-0.4, -0.2) is 35.3 Å². The number of rotatable bonds is 4. The van der Waals surface area contributed by atoms with Gasteiger partial charge in [-0.1, -0.05) is 6.92 Å². The summed E-state index contributed by atoms with van der Waals surface area (Å²) in [6.07, 6.45) is 2.71. The molecule has 0 amide bonds. The Morgan fingerprint density at radius 1 is 1.33 bits per heavy atom. The summed E-state index contributed by atoms with van der Waals surface area (Å²) in [6.45, 7) is 3.34. The van der Waals surface area contributed by atoms with E-state index in [4.69, 9.17) is 5.73 Å². The molecule has 2 heterocycles. The largest absolute Gasteiger partial charge is 0.477 e.